The molecule has 1 nitrogen and oxygen atoms in total. The minimum absolute atomic E-state index is 0.178. The predicted molar refractivity (Wildman–Crippen MR) is 74.9 cm³/mol. The third-order valence-electron chi connectivity index (χ3n) is 2.61. The minimum Gasteiger partial charge on any atom is -0.323 e. The first-order valence-electron chi connectivity index (χ1n) is 5.99. The fraction of sp³-hybridized carbons (Fsp3) is 0.571. The molecule has 0 aliphatic heterocycles. The van der Waals surface area contributed by atoms with Crippen LogP contribution in [0.2, 0.25) is 0 Å². The average Bonchev–Trinajstić information content (AvgIpc) is 2.24. The molecule has 0 aliphatic rings. The van der Waals surface area contributed by atoms with Crippen LogP contribution in [-0.2, 0) is 0 Å². The van der Waals surface area contributed by atoms with E-state index in [2.05, 4.69) is 45.0 Å². The van der Waals surface area contributed by atoms with Crippen molar-refractivity contribution in [1.82, 2.24) is 0 Å². The summed E-state index contributed by atoms with van der Waals surface area (Å²) in [7, 11) is 0. The lowest BCUT2D eigenvalue weighted by molar-refractivity contribution is 0.631. The van der Waals surface area contributed by atoms with Crippen LogP contribution in [0.15, 0.2) is 24.3 Å². The highest BCUT2D eigenvalue weighted by atomic mass is 32.2. The van der Waals surface area contributed by atoms with Crippen molar-refractivity contribution in [3.8, 4) is 0 Å². The number of nitrogens with two attached hydrogens (primary N) is 1. The minimum atomic E-state index is 0.178. The lowest BCUT2D eigenvalue weighted by Gasteiger charge is -2.12. The molecule has 1 aromatic carbocycles. The Kier molecular flexibility index (Phi) is 5.93. The molecule has 2 N–H and O–H groups in total. The van der Waals surface area contributed by atoms with Gasteiger partial charge in [-0.3, -0.25) is 0 Å². The molecule has 0 aliphatic carbocycles. The molecule has 0 aromatic heterocycles. The van der Waals surface area contributed by atoms with E-state index in [1.807, 2.05) is 11.8 Å². The van der Waals surface area contributed by atoms with Crippen LogP contribution < -0.4 is 5.73 Å². The van der Waals surface area contributed by atoms with Crippen molar-refractivity contribution in [2.24, 2.45) is 11.7 Å². The molecule has 0 saturated carbocycles. The summed E-state index contributed by atoms with van der Waals surface area (Å²) in [5, 5.41) is 0. The van der Waals surface area contributed by atoms with E-state index in [-0.39, 0.29) is 6.04 Å². The molecule has 1 aromatic rings. The van der Waals surface area contributed by atoms with E-state index in [1.54, 1.807) is 0 Å². The first-order valence-corrected chi connectivity index (χ1v) is 7.15. The molecule has 0 heterocycles. The van der Waals surface area contributed by atoms with Crippen molar-refractivity contribution in [3.05, 3.63) is 35.4 Å². The number of aryl methyl sites for hydroxylation is 1. The number of rotatable bonds is 6. The van der Waals surface area contributed by atoms with Crippen LogP contribution in [-0.4, -0.2) is 11.5 Å². The lowest BCUT2D eigenvalue weighted by atomic mass is 10.1. The van der Waals surface area contributed by atoms with E-state index in [0.717, 1.165) is 11.7 Å². The largest absolute Gasteiger partial charge is 0.323 e. The molecule has 0 bridgehead atoms. The molecule has 1 atom stereocenters. The van der Waals surface area contributed by atoms with Crippen LogP contribution in [0, 0.1) is 12.8 Å². The standard InChI is InChI=1S/C14H23NS/c1-11(2)7-8-16-10-14(15)13-6-4-5-12(3)9-13/h4-6,9,11,14H,7-8,10,15H2,1-3H3. The van der Waals surface area contributed by atoms with E-state index in [0.29, 0.717) is 0 Å². The molecule has 2 heteroatoms. The molecule has 0 fully saturated rings. The average molecular weight is 237 g/mol. The summed E-state index contributed by atoms with van der Waals surface area (Å²) in [6.07, 6.45) is 1.28. The summed E-state index contributed by atoms with van der Waals surface area (Å²) in [5.41, 5.74) is 8.71. The highest BCUT2D eigenvalue weighted by Crippen LogP contribution is 2.18. The fourth-order valence-electron chi connectivity index (χ4n) is 1.53. The van der Waals surface area contributed by atoms with Crippen LogP contribution in [0.25, 0.3) is 0 Å². The zero-order valence-electron chi connectivity index (χ0n) is 10.6. The van der Waals surface area contributed by atoms with Gasteiger partial charge in [-0.25, -0.2) is 0 Å². The summed E-state index contributed by atoms with van der Waals surface area (Å²) in [5.74, 6) is 3.04. The molecule has 0 spiro atoms. The molecule has 0 saturated heterocycles. The lowest BCUT2D eigenvalue weighted by Crippen LogP contribution is -2.13. The van der Waals surface area contributed by atoms with Crippen molar-refractivity contribution in [2.75, 3.05) is 11.5 Å². The second-order valence-corrected chi connectivity index (χ2v) is 5.93. The van der Waals surface area contributed by atoms with Gasteiger partial charge in [0.2, 0.25) is 0 Å². The summed E-state index contributed by atoms with van der Waals surface area (Å²) in [6, 6.07) is 8.69. The monoisotopic (exact) mass is 237 g/mol. The van der Waals surface area contributed by atoms with Gasteiger partial charge in [-0.05, 0) is 30.6 Å². The molecule has 0 radical (unpaired) electrons. The van der Waals surface area contributed by atoms with Gasteiger partial charge in [-0.2, -0.15) is 11.8 Å². The Labute approximate surface area is 104 Å². The van der Waals surface area contributed by atoms with Crippen LogP contribution in [0.3, 0.4) is 0 Å². The maximum Gasteiger partial charge on any atom is 0.0386 e. The Hall–Kier alpha value is -0.470. The zero-order valence-corrected chi connectivity index (χ0v) is 11.4. The van der Waals surface area contributed by atoms with Gasteiger partial charge in [0.25, 0.3) is 0 Å². The second kappa shape index (κ2) is 6.97. The fourth-order valence-corrected chi connectivity index (χ4v) is 2.78. The molecule has 1 rings (SSSR count). The Balaban J connectivity index is 2.32. The maximum absolute atomic E-state index is 6.16. The van der Waals surface area contributed by atoms with E-state index in [9.17, 15) is 0 Å². The topological polar surface area (TPSA) is 26.0 Å². The Morgan fingerprint density at radius 1 is 1.31 bits per heavy atom. The van der Waals surface area contributed by atoms with Crippen molar-refractivity contribution >= 4 is 11.8 Å². The Morgan fingerprint density at radius 2 is 2.06 bits per heavy atom. The SMILES string of the molecule is Cc1cccc(C(N)CSCCC(C)C)c1. The molecular weight excluding hydrogens is 214 g/mol. The molecule has 0 amide bonds. The number of benzene rings is 1. The smallest absolute Gasteiger partial charge is 0.0386 e. The number of hydrogen-bond acceptors (Lipinski definition) is 2. The van der Waals surface area contributed by atoms with Gasteiger partial charge in [0, 0.05) is 11.8 Å². The number of hydrogen-bond donors (Lipinski definition) is 1. The van der Waals surface area contributed by atoms with Crippen LogP contribution in [0.1, 0.15) is 37.4 Å². The third kappa shape index (κ3) is 5.04. The van der Waals surface area contributed by atoms with Crippen LogP contribution in [0.5, 0.6) is 0 Å². The van der Waals surface area contributed by atoms with Gasteiger partial charge in [0.1, 0.15) is 0 Å². The van der Waals surface area contributed by atoms with Gasteiger partial charge in [-0.15, -0.1) is 0 Å². The second-order valence-electron chi connectivity index (χ2n) is 4.78. The number of thioether (sulfide) groups is 1. The normalized spacial score (nSPS) is 13.1. The van der Waals surface area contributed by atoms with Gasteiger partial charge in [0.05, 0.1) is 0 Å². The van der Waals surface area contributed by atoms with Crippen molar-refractivity contribution in [2.45, 2.75) is 33.2 Å². The Bertz CT molecular complexity index is 309. The van der Waals surface area contributed by atoms with E-state index in [1.165, 1.54) is 23.3 Å². The van der Waals surface area contributed by atoms with E-state index < -0.39 is 0 Å². The quantitative estimate of drug-likeness (QED) is 0.762. The van der Waals surface area contributed by atoms with Crippen molar-refractivity contribution < 1.29 is 0 Å². The predicted octanol–water partition coefficient (Wildman–Crippen LogP) is 3.77. The molecular formula is C14H23NS. The molecule has 1 unspecified atom stereocenters. The molecule has 16 heavy (non-hydrogen) atoms. The van der Waals surface area contributed by atoms with Crippen LogP contribution in [0.4, 0.5) is 0 Å². The summed E-state index contributed by atoms with van der Waals surface area (Å²) in [4.78, 5) is 0. The Morgan fingerprint density at radius 3 is 2.69 bits per heavy atom. The first kappa shape index (κ1) is 13.6. The zero-order chi connectivity index (χ0) is 12.0. The van der Waals surface area contributed by atoms with E-state index >= 15 is 0 Å². The highest BCUT2D eigenvalue weighted by molar-refractivity contribution is 7.99. The maximum atomic E-state index is 6.16. The first-order chi connectivity index (χ1) is 7.59. The van der Waals surface area contributed by atoms with Gasteiger partial charge >= 0.3 is 0 Å². The van der Waals surface area contributed by atoms with E-state index in [4.69, 9.17) is 5.73 Å². The van der Waals surface area contributed by atoms with Gasteiger partial charge in [0.15, 0.2) is 0 Å². The van der Waals surface area contributed by atoms with Crippen molar-refractivity contribution in [1.29, 1.82) is 0 Å². The summed E-state index contributed by atoms with van der Waals surface area (Å²) >= 11 is 1.97. The highest BCUT2D eigenvalue weighted by Gasteiger charge is 2.06. The molecule has 90 valence electrons. The van der Waals surface area contributed by atoms with Crippen molar-refractivity contribution in [3.63, 3.8) is 0 Å². The van der Waals surface area contributed by atoms with Gasteiger partial charge < -0.3 is 5.73 Å². The van der Waals surface area contributed by atoms with Gasteiger partial charge in [-0.1, -0.05) is 43.7 Å². The summed E-state index contributed by atoms with van der Waals surface area (Å²) in [6.45, 7) is 6.64. The third-order valence-corrected chi connectivity index (χ3v) is 3.73. The summed E-state index contributed by atoms with van der Waals surface area (Å²) < 4.78 is 0. The van der Waals surface area contributed by atoms with Crippen LogP contribution >= 0.6 is 11.8 Å².